The molecule has 0 spiro atoms. The number of hydrogen-bond donors (Lipinski definition) is 1. The van der Waals surface area contributed by atoms with E-state index in [9.17, 15) is 0 Å². The first kappa shape index (κ1) is 12.6. The molecule has 1 saturated heterocycles. The molecule has 1 fully saturated rings. The Morgan fingerprint density at radius 3 is 3.05 bits per heavy atom. The zero-order chi connectivity index (χ0) is 13.2. The molecule has 0 aliphatic carbocycles. The molecule has 0 bridgehead atoms. The van der Waals surface area contributed by atoms with Gasteiger partial charge in [0.05, 0.1) is 5.52 Å². The lowest BCUT2D eigenvalue weighted by atomic mass is 10.1. The number of fused-ring (bicyclic) bond motifs is 1. The molecule has 1 aliphatic heterocycles. The van der Waals surface area contributed by atoms with E-state index in [1.807, 2.05) is 6.92 Å². The maximum Gasteiger partial charge on any atom is 0.0705 e. The molecule has 2 heterocycles. The van der Waals surface area contributed by atoms with E-state index < -0.39 is 0 Å². The van der Waals surface area contributed by atoms with Crippen LogP contribution in [0, 0.1) is 6.92 Å². The smallest absolute Gasteiger partial charge is 0.0705 e. The van der Waals surface area contributed by atoms with Crippen molar-refractivity contribution < 1.29 is 0 Å². The first-order valence-corrected chi connectivity index (χ1v) is 7.06. The Hall–Kier alpha value is -1.45. The lowest BCUT2D eigenvalue weighted by molar-refractivity contribution is 0.250. The average molecular weight is 255 g/mol. The largest absolute Gasteiger partial charge is 0.329 e. The summed E-state index contributed by atoms with van der Waals surface area (Å²) in [6.07, 6.45) is 2.51. The van der Waals surface area contributed by atoms with E-state index in [1.165, 1.54) is 30.3 Å². The standard InChI is InChI=1S/C16H21N3/c1-12-4-6-14-9-13(5-7-16(14)18-12)11-19-8-2-3-15(19)10-17/h4-7,9,15H,2-3,8,10-11,17H2,1H3. The molecule has 3 nitrogen and oxygen atoms in total. The quantitative estimate of drug-likeness (QED) is 0.916. The van der Waals surface area contributed by atoms with Crippen LogP contribution >= 0.6 is 0 Å². The number of hydrogen-bond acceptors (Lipinski definition) is 3. The summed E-state index contributed by atoms with van der Waals surface area (Å²) in [4.78, 5) is 7.05. The van der Waals surface area contributed by atoms with Crippen LogP contribution in [-0.4, -0.2) is 29.0 Å². The summed E-state index contributed by atoms with van der Waals surface area (Å²) in [6.45, 7) is 4.98. The number of rotatable bonds is 3. The van der Waals surface area contributed by atoms with Gasteiger partial charge in [0.15, 0.2) is 0 Å². The topological polar surface area (TPSA) is 42.1 Å². The van der Waals surface area contributed by atoms with Gasteiger partial charge in [0.1, 0.15) is 0 Å². The maximum absolute atomic E-state index is 5.83. The Morgan fingerprint density at radius 1 is 1.32 bits per heavy atom. The monoisotopic (exact) mass is 255 g/mol. The Balaban J connectivity index is 1.83. The van der Waals surface area contributed by atoms with Crippen LogP contribution in [0.5, 0.6) is 0 Å². The highest BCUT2D eigenvalue weighted by molar-refractivity contribution is 5.79. The number of pyridine rings is 1. The molecule has 100 valence electrons. The number of likely N-dealkylation sites (tertiary alicyclic amines) is 1. The molecule has 1 aromatic heterocycles. The molecule has 3 rings (SSSR count). The second-order valence-corrected chi connectivity index (χ2v) is 5.48. The number of benzene rings is 1. The summed E-state index contributed by atoms with van der Waals surface area (Å²) in [5, 5.41) is 1.23. The van der Waals surface area contributed by atoms with Gasteiger partial charge in [0, 0.05) is 30.2 Å². The van der Waals surface area contributed by atoms with Crippen LogP contribution in [0.2, 0.25) is 0 Å². The van der Waals surface area contributed by atoms with Gasteiger partial charge in [0.2, 0.25) is 0 Å². The maximum atomic E-state index is 5.83. The van der Waals surface area contributed by atoms with Crippen molar-refractivity contribution in [3.05, 3.63) is 41.6 Å². The van der Waals surface area contributed by atoms with Crippen molar-refractivity contribution in [1.29, 1.82) is 0 Å². The summed E-state index contributed by atoms with van der Waals surface area (Å²) < 4.78 is 0. The minimum absolute atomic E-state index is 0.562. The Morgan fingerprint density at radius 2 is 2.21 bits per heavy atom. The van der Waals surface area contributed by atoms with Crippen molar-refractivity contribution >= 4 is 10.9 Å². The average Bonchev–Trinajstić information content (AvgIpc) is 2.86. The zero-order valence-corrected chi connectivity index (χ0v) is 11.5. The summed E-state index contributed by atoms with van der Waals surface area (Å²) in [5.41, 5.74) is 9.35. The van der Waals surface area contributed by atoms with E-state index in [0.717, 1.165) is 24.3 Å². The Kier molecular flexibility index (Phi) is 3.49. The first-order valence-electron chi connectivity index (χ1n) is 7.06. The van der Waals surface area contributed by atoms with Gasteiger partial charge >= 0.3 is 0 Å². The fraction of sp³-hybridized carbons (Fsp3) is 0.438. The van der Waals surface area contributed by atoms with E-state index in [0.29, 0.717) is 6.04 Å². The molecule has 2 N–H and O–H groups in total. The molecule has 1 aromatic carbocycles. The molecule has 3 heteroatoms. The second kappa shape index (κ2) is 5.27. The predicted octanol–water partition coefficient (Wildman–Crippen LogP) is 2.47. The fourth-order valence-corrected chi connectivity index (χ4v) is 2.98. The number of nitrogens with zero attached hydrogens (tertiary/aromatic N) is 2. The fourth-order valence-electron chi connectivity index (χ4n) is 2.98. The van der Waals surface area contributed by atoms with Crippen molar-refractivity contribution in [3.63, 3.8) is 0 Å². The molecule has 0 saturated carbocycles. The van der Waals surface area contributed by atoms with Crippen LogP contribution in [0.1, 0.15) is 24.1 Å². The third-order valence-electron chi connectivity index (χ3n) is 4.05. The third kappa shape index (κ3) is 2.62. The van der Waals surface area contributed by atoms with E-state index in [-0.39, 0.29) is 0 Å². The summed E-state index contributed by atoms with van der Waals surface area (Å²) in [7, 11) is 0. The highest BCUT2D eigenvalue weighted by Gasteiger charge is 2.22. The summed E-state index contributed by atoms with van der Waals surface area (Å²) >= 11 is 0. The van der Waals surface area contributed by atoms with Gasteiger partial charge in [-0.1, -0.05) is 12.1 Å². The number of nitrogens with two attached hydrogens (primary N) is 1. The van der Waals surface area contributed by atoms with E-state index in [4.69, 9.17) is 5.73 Å². The van der Waals surface area contributed by atoms with Crippen LogP contribution in [0.4, 0.5) is 0 Å². The van der Waals surface area contributed by atoms with Crippen molar-refractivity contribution in [2.75, 3.05) is 13.1 Å². The summed E-state index contributed by atoms with van der Waals surface area (Å²) in [6, 6.07) is 11.4. The minimum Gasteiger partial charge on any atom is -0.329 e. The number of aryl methyl sites for hydroxylation is 1. The van der Waals surface area contributed by atoms with Crippen LogP contribution < -0.4 is 5.73 Å². The lowest BCUT2D eigenvalue weighted by Crippen LogP contribution is -2.34. The molecule has 1 unspecified atom stereocenters. The summed E-state index contributed by atoms with van der Waals surface area (Å²) in [5.74, 6) is 0. The molecule has 19 heavy (non-hydrogen) atoms. The zero-order valence-electron chi connectivity index (χ0n) is 11.5. The molecular weight excluding hydrogens is 234 g/mol. The lowest BCUT2D eigenvalue weighted by Gasteiger charge is -2.23. The molecule has 2 aromatic rings. The number of aromatic nitrogens is 1. The van der Waals surface area contributed by atoms with Crippen molar-refractivity contribution in [2.45, 2.75) is 32.4 Å². The normalized spacial score (nSPS) is 20.2. The highest BCUT2D eigenvalue weighted by atomic mass is 15.2. The van der Waals surface area contributed by atoms with Crippen molar-refractivity contribution in [3.8, 4) is 0 Å². The van der Waals surface area contributed by atoms with Gasteiger partial charge in [-0.15, -0.1) is 0 Å². The molecular formula is C16H21N3. The predicted molar refractivity (Wildman–Crippen MR) is 79.0 cm³/mol. The molecule has 0 radical (unpaired) electrons. The minimum atomic E-state index is 0.562. The SMILES string of the molecule is Cc1ccc2cc(CN3CCCC3CN)ccc2n1. The van der Waals surface area contributed by atoms with Crippen LogP contribution in [0.25, 0.3) is 10.9 Å². The second-order valence-electron chi connectivity index (χ2n) is 5.48. The van der Waals surface area contributed by atoms with Gasteiger partial charge in [-0.2, -0.15) is 0 Å². The van der Waals surface area contributed by atoms with E-state index >= 15 is 0 Å². The molecule has 1 atom stereocenters. The molecule has 0 amide bonds. The first-order chi connectivity index (χ1) is 9.26. The van der Waals surface area contributed by atoms with Gasteiger partial charge in [-0.3, -0.25) is 9.88 Å². The Bertz CT molecular complexity index is 579. The van der Waals surface area contributed by atoms with Gasteiger partial charge in [-0.05, 0) is 50.1 Å². The highest BCUT2D eigenvalue weighted by Crippen LogP contribution is 2.21. The van der Waals surface area contributed by atoms with Gasteiger partial charge < -0.3 is 5.73 Å². The van der Waals surface area contributed by atoms with Crippen LogP contribution in [0.3, 0.4) is 0 Å². The van der Waals surface area contributed by atoms with Crippen molar-refractivity contribution in [1.82, 2.24) is 9.88 Å². The van der Waals surface area contributed by atoms with Gasteiger partial charge in [0.25, 0.3) is 0 Å². The third-order valence-corrected chi connectivity index (χ3v) is 4.05. The molecule has 1 aliphatic rings. The van der Waals surface area contributed by atoms with E-state index in [2.05, 4.69) is 40.2 Å². The van der Waals surface area contributed by atoms with Crippen LogP contribution in [0.15, 0.2) is 30.3 Å². The van der Waals surface area contributed by atoms with Gasteiger partial charge in [-0.25, -0.2) is 0 Å². The Labute approximate surface area is 114 Å². The van der Waals surface area contributed by atoms with Crippen molar-refractivity contribution in [2.24, 2.45) is 5.73 Å². The van der Waals surface area contributed by atoms with E-state index in [1.54, 1.807) is 0 Å². The van der Waals surface area contributed by atoms with Crippen LogP contribution in [-0.2, 0) is 6.54 Å².